The molecule has 1 atom stereocenters. The highest BCUT2D eigenvalue weighted by molar-refractivity contribution is 5.99. The predicted molar refractivity (Wildman–Crippen MR) is 81.0 cm³/mol. The van der Waals surface area contributed by atoms with E-state index in [1.807, 2.05) is 37.3 Å². The van der Waals surface area contributed by atoms with Crippen LogP contribution in [-0.2, 0) is 9.78 Å². The van der Waals surface area contributed by atoms with E-state index in [1.165, 1.54) is 7.11 Å². The fraction of sp³-hybridized carbons (Fsp3) is 0.250. The molecule has 6 heteroatoms. The van der Waals surface area contributed by atoms with Crippen molar-refractivity contribution in [3.05, 3.63) is 65.5 Å². The minimum Gasteiger partial charge on any atom is -0.467 e. The fourth-order valence-electron chi connectivity index (χ4n) is 2.33. The number of aliphatic imine (C=N–C) groups is 1. The zero-order valence-electron chi connectivity index (χ0n) is 12.4. The summed E-state index contributed by atoms with van der Waals surface area (Å²) in [6.07, 6.45) is 3.38. The van der Waals surface area contributed by atoms with E-state index < -0.39 is 0 Å². The monoisotopic (exact) mass is 299 g/mol. The molecule has 1 aliphatic rings. The highest BCUT2D eigenvalue weighted by atomic mass is 17.2. The van der Waals surface area contributed by atoms with Crippen LogP contribution in [-0.4, -0.2) is 24.5 Å². The van der Waals surface area contributed by atoms with E-state index in [0.717, 1.165) is 22.7 Å². The number of hydrogen-bond acceptors (Lipinski definition) is 6. The van der Waals surface area contributed by atoms with Gasteiger partial charge in [-0.05, 0) is 31.2 Å². The first-order valence-electron chi connectivity index (χ1n) is 6.94. The molecule has 1 unspecified atom stereocenters. The molecule has 22 heavy (non-hydrogen) atoms. The van der Waals surface area contributed by atoms with Crippen LogP contribution in [0.25, 0.3) is 0 Å². The third-order valence-corrected chi connectivity index (χ3v) is 3.43. The second-order valence-corrected chi connectivity index (χ2v) is 4.81. The molecule has 3 heterocycles. The third-order valence-electron chi connectivity index (χ3n) is 3.43. The van der Waals surface area contributed by atoms with Gasteiger partial charge in [-0.15, -0.1) is 0 Å². The molecule has 1 aliphatic heterocycles. The molecule has 1 N–H and O–H groups in total. The summed E-state index contributed by atoms with van der Waals surface area (Å²) in [5, 5.41) is 3.27. The Kier molecular flexibility index (Phi) is 4.32. The number of hydrogen-bond donors (Lipinski definition) is 1. The van der Waals surface area contributed by atoms with Gasteiger partial charge in [0.05, 0.1) is 13.4 Å². The van der Waals surface area contributed by atoms with E-state index in [9.17, 15) is 0 Å². The summed E-state index contributed by atoms with van der Waals surface area (Å²) >= 11 is 0. The van der Waals surface area contributed by atoms with Crippen molar-refractivity contribution >= 4 is 5.84 Å². The van der Waals surface area contributed by atoms with Crippen molar-refractivity contribution in [3.8, 4) is 0 Å². The fourth-order valence-corrected chi connectivity index (χ4v) is 2.33. The van der Waals surface area contributed by atoms with Gasteiger partial charge in [0.1, 0.15) is 24.1 Å². The number of nitrogens with zero attached hydrogens (tertiary/aromatic N) is 2. The zero-order chi connectivity index (χ0) is 15.4. The second-order valence-electron chi connectivity index (χ2n) is 4.81. The van der Waals surface area contributed by atoms with Crippen molar-refractivity contribution in [1.29, 1.82) is 0 Å². The highest BCUT2D eigenvalue weighted by Gasteiger charge is 2.27. The molecule has 0 saturated carbocycles. The molecule has 0 bridgehead atoms. The normalized spacial score (nSPS) is 18.1. The predicted octanol–water partition coefficient (Wildman–Crippen LogP) is 2.62. The van der Waals surface area contributed by atoms with Crippen LogP contribution in [0.4, 0.5) is 0 Å². The Bertz CT molecular complexity index is 678. The van der Waals surface area contributed by atoms with Gasteiger partial charge in [0, 0.05) is 17.5 Å². The lowest BCUT2D eigenvalue weighted by molar-refractivity contribution is -0.265. The first kappa shape index (κ1) is 14.5. The number of amidine groups is 1. The Hall–Kier alpha value is -2.44. The molecule has 0 saturated heterocycles. The van der Waals surface area contributed by atoms with E-state index in [1.54, 1.807) is 12.5 Å². The lowest BCUT2D eigenvalue weighted by Gasteiger charge is -2.25. The first-order chi connectivity index (χ1) is 10.8. The molecule has 0 spiro atoms. The van der Waals surface area contributed by atoms with Crippen LogP contribution in [0.1, 0.15) is 24.4 Å². The Morgan fingerprint density at radius 1 is 1.27 bits per heavy atom. The highest BCUT2D eigenvalue weighted by Crippen LogP contribution is 2.31. The molecule has 6 nitrogen and oxygen atoms in total. The van der Waals surface area contributed by atoms with E-state index in [4.69, 9.17) is 19.2 Å². The molecule has 0 amide bonds. The summed E-state index contributed by atoms with van der Waals surface area (Å²) in [5.74, 6) is 1.46. The van der Waals surface area contributed by atoms with Gasteiger partial charge in [-0.1, -0.05) is 6.07 Å². The number of allylic oxidation sites excluding steroid dienone is 1. The van der Waals surface area contributed by atoms with Gasteiger partial charge in [0.15, 0.2) is 5.84 Å². The summed E-state index contributed by atoms with van der Waals surface area (Å²) in [6.45, 7) is 2.28. The van der Waals surface area contributed by atoms with Crippen LogP contribution in [0.3, 0.4) is 0 Å². The molecule has 0 radical (unpaired) electrons. The number of nitrogens with one attached hydrogen (secondary N) is 1. The number of aromatic nitrogens is 1. The van der Waals surface area contributed by atoms with Gasteiger partial charge in [-0.3, -0.25) is 9.98 Å². The maximum atomic E-state index is 5.53. The van der Waals surface area contributed by atoms with Crippen molar-refractivity contribution in [3.63, 3.8) is 0 Å². The van der Waals surface area contributed by atoms with Crippen molar-refractivity contribution in [2.75, 3.05) is 13.7 Å². The lowest BCUT2D eigenvalue weighted by atomic mass is 10.0. The quantitative estimate of drug-likeness (QED) is 0.679. The Labute approximate surface area is 128 Å². The maximum absolute atomic E-state index is 5.53. The van der Waals surface area contributed by atoms with Gasteiger partial charge < -0.3 is 9.73 Å². The lowest BCUT2D eigenvalue weighted by Crippen LogP contribution is -2.31. The molecular weight excluding hydrogens is 282 g/mol. The van der Waals surface area contributed by atoms with E-state index in [-0.39, 0.29) is 6.04 Å². The van der Waals surface area contributed by atoms with Gasteiger partial charge in [-0.2, -0.15) is 0 Å². The first-order valence-corrected chi connectivity index (χ1v) is 6.94. The minimum absolute atomic E-state index is 0.261. The van der Waals surface area contributed by atoms with Crippen molar-refractivity contribution in [2.24, 2.45) is 4.99 Å². The summed E-state index contributed by atoms with van der Waals surface area (Å²) in [6, 6.07) is 9.19. The zero-order valence-corrected chi connectivity index (χ0v) is 12.4. The Morgan fingerprint density at radius 3 is 2.86 bits per heavy atom. The molecule has 114 valence electrons. The summed E-state index contributed by atoms with van der Waals surface area (Å²) in [5.41, 5.74) is 2.69. The van der Waals surface area contributed by atoms with Crippen LogP contribution in [0.5, 0.6) is 0 Å². The van der Waals surface area contributed by atoms with Crippen molar-refractivity contribution in [1.82, 2.24) is 10.3 Å². The topological polar surface area (TPSA) is 68.9 Å². The van der Waals surface area contributed by atoms with Crippen LogP contribution in [0.2, 0.25) is 0 Å². The minimum atomic E-state index is -0.261. The summed E-state index contributed by atoms with van der Waals surface area (Å²) in [7, 11) is 1.48. The molecule has 3 rings (SSSR count). The van der Waals surface area contributed by atoms with Crippen LogP contribution >= 0.6 is 0 Å². The van der Waals surface area contributed by atoms with Gasteiger partial charge in [0.2, 0.25) is 0 Å². The molecule has 2 aromatic rings. The maximum Gasteiger partial charge on any atom is 0.152 e. The number of pyridine rings is 1. The molecule has 0 fully saturated rings. The smallest absolute Gasteiger partial charge is 0.152 e. The summed E-state index contributed by atoms with van der Waals surface area (Å²) in [4.78, 5) is 18.9. The SMILES string of the molecule is COOCC1=C(C)NC(c2ccccn2)=NC1c1ccco1. The molecule has 0 aromatic carbocycles. The van der Waals surface area contributed by atoms with E-state index in [0.29, 0.717) is 12.4 Å². The van der Waals surface area contributed by atoms with Crippen LogP contribution in [0.15, 0.2) is 63.5 Å². The third kappa shape index (κ3) is 2.93. The van der Waals surface area contributed by atoms with Crippen molar-refractivity contribution in [2.45, 2.75) is 13.0 Å². The largest absolute Gasteiger partial charge is 0.467 e. The average molecular weight is 299 g/mol. The molecule has 2 aromatic heterocycles. The second kappa shape index (κ2) is 6.55. The van der Waals surface area contributed by atoms with Crippen molar-refractivity contribution < 1.29 is 14.2 Å². The van der Waals surface area contributed by atoms with E-state index >= 15 is 0 Å². The van der Waals surface area contributed by atoms with E-state index in [2.05, 4.69) is 10.3 Å². The van der Waals surface area contributed by atoms with Gasteiger partial charge in [0.25, 0.3) is 0 Å². The van der Waals surface area contributed by atoms with Crippen LogP contribution in [0, 0.1) is 0 Å². The van der Waals surface area contributed by atoms with Gasteiger partial charge in [-0.25, -0.2) is 9.78 Å². The Morgan fingerprint density at radius 2 is 2.18 bits per heavy atom. The molecular formula is C16H17N3O3. The number of furan rings is 1. The van der Waals surface area contributed by atoms with Gasteiger partial charge >= 0.3 is 0 Å². The Balaban J connectivity index is 1.97. The standard InChI is InChI=1S/C16H17N3O3/c1-11-12(10-22-20-2)15(14-7-5-9-21-14)19-16(18-11)13-6-3-4-8-17-13/h3-9,15H,10H2,1-2H3,(H,18,19). The molecule has 0 aliphatic carbocycles. The van der Waals surface area contributed by atoms with Crippen LogP contribution < -0.4 is 5.32 Å². The average Bonchev–Trinajstić information content (AvgIpc) is 3.08. The number of rotatable bonds is 5. The summed E-state index contributed by atoms with van der Waals surface area (Å²) < 4.78 is 5.53.